The van der Waals surface area contributed by atoms with Crippen molar-refractivity contribution >= 4 is 45.6 Å². The number of halogens is 2. The Balaban J connectivity index is 1.74. The Kier molecular flexibility index (Phi) is 5.98. The van der Waals surface area contributed by atoms with Crippen molar-refractivity contribution in [2.24, 2.45) is 0 Å². The van der Waals surface area contributed by atoms with Gasteiger partial charge < -0.3 is 5.32 Å². The van der Waals surface area contributed by atoms with Crippen molar-refractivity contribution in [3.63, 3.8) is 0 Å². The number of hydrogen-bond acceptors (Lipinski definition) is 3. The number of fused-ring (bicyclic) bond motifs is 1. The van der Waals surface area contributed by atoms with Gasteiger partial charge in [0.2, 0.25) is 0 Å². The standard InChI is InChI=1S/C24H21Cl2N3/c1-2-3-6-16-9-11-17(12-10-16)23-28-22-8-5-4-7-21(22)24(29-23)27-20-14-18(25)13-19(26)15-20/h4-5,7-15H,2-3,6H2,1H3,(H,27,28,29). The fraction of sp³-hybridized carbons (Fsp3) is 0.167. The van der Waals surface area contributed by atoms with Crippen LogP contribution in [0.4, 0.5) is 11.5 Å². The van der Waals surface area contributed by atoms with Crippen molar-refractivity contribution in [2.75, 3.05) is 5.32 Å². The average molecular weight is 422 g/mol. The van der Waals surface area contributed by atoms with E-state index in [4.69, 9.17) is 33.2 Å². The van der Waals surface area contributed by atoms with Gasteiger partial charge in [-0.15, -0.1) is 0 Å². The molecule has 0 unspecified atom stereocenters. The molecule has 0 amide bonds. The molecule has 0 saturated carbocycles. The number of nitrogens with one attached hydrogen (secondary N) is 1. The fourth-order valence-corrected chi connectivity index (χ4v) is 3.79. The van der Waals surface area contributed by atoms with Crippen LogP contribution in [-0.4, -0.2) is 9.97 Å². The fourth-order valence-electron chi connectivity index (χ4n) is 3.27. The summed E-state index contributed by atoms with van der Waals surface area (Å²) in [4.78, 5) is 9.58. The lowest BCUT2D eigenvalue weighted by molar-refractivity contribution is 0.795. The molecule has 1 N–H and O–H groups in total. The number of aryl methyl sites for hydroxylation is 1. The molecule has 0 atom stereocenters. The van der Waals surface area contributed by atoms with Gasteiger partial charge in [0.05, 0.1) is 5.52 Å². The Bertz CT molecular complexity index is 1120. The lowest BCUT2D eigenvalue weighted by Crippen LogP contribution is -1.99. The summed E-state index contributed by atoms with van der Waals surface area (Å²) in [6, 6.07) is 21.8. The molecule has 0 radical (unpaired) electrons. The summed E-state index contributed by atoms with van der Waals surface area (Å²) < 4.78 is 0. The second-order valence-corrected chi connectivity index (χ2v) is 7.87. The molecule has 0 saturated heterocycles. The van der Waals surface area contributed by atoms with E-state index < -0.39 is 0 Å². The second kappa shape index (κ2) is 8.81. The van der Waals surface area contributed by atoms with E-state index in [0.29, 0.717) is 15.9 Å². The molecule has 1 heterocycles. The minimum Gasteiger partial charge on any atom is -0.340 e. The van der Waals surface area contributed by atoms with Crippen LogP contribution in [0.1, 0.15) is 25.3 Å². The van der Waals surface area contributed by atoms with E-state index in [2.05, 4.69) is 36.5 Å². The molecule has 0 fully saturated rings. The predicted octanol–water partition coefficient (Wildman–Crippen LogP) is 7.69. The lowest BCUT2D eigenvalue weighted by atomic mass is 10.1. The maximum absolute atomic E-state index is 6.16. The van der Waals surface area contributed by atoms with E-state index in [9.17, 15) is 0 Å². The molecule has 0 spiro atoms. The van der Waals surface area contributed by atoms with Gasteiger partial charge in [-0.25, -0.2) is 9.97 Å². The first-order chi connectivity index (χ1) is 14.1. The highest BCUT2D eigenvalue weighted by molar-refractivity contribution is 6.35. The van der Waals surface area contributed by atoms with E-state index in [0.717, 1.165) is 34.4 Å². The molecule has 0 aliphatic rings. The molecule has 3 nitrogen and oxygen atoms in total. The monoisotopic (exact) mass is 421 g/mol. The third kappa shape index (κ3) is 4.69. The van der Waals surface area contributed by atoms with Gasteiger partial charge in [-0.05, 0) is 48.7 Å². The minimum absolute atomic E-state index is 0.571. The number of aromatic nitrogens is 2. The van der Waals surface area contributed by atoms with Crippen LogP contribution in [0.3, 0.4) is 0 Å². The van der Waals surface area contributed by atoms with E-state index in [-0.39, 0.29) is 0 Å². The Morgan fingerprint density at radius 3 is 2.31 bits per heavy atom. The molecule has 1 aromatic heterocycles. The molecular weight excluding hydrogens is 401 g/mol. The summed E-state index contributed by atoms with van der Waals surface area (Å²) >= 11 is 12.3. The molecule has 3 aromatic carbocycles. The number of anilines is 2. The highest BCUT2D eigenvalue weighted by atomic mass is 35.5. The molecule has 0 aliphatic heterocycles. The van der Waals surface area contributed by atoms with Gasteiger partial charge in [0.15, 0.2) is 5.82 Å². The van der Waals surface area contributed by atoms with Crippen LogP contribution in [0.5, 0.6) is 0 Å². The van der Waals surface area contributed by atoms with E-state index in [1.807, 2.05) is 36.4 Å². The number of unbranched alkanes of at least 4 members (excludes halogenated alkanes) is 1. The van der Waals surface area contributed by atoms with Crippen molar-refractivity contribution in [2.45, 2.75) is 26.2 Å². The Morgan fingerprint density at radius 2 is 1.59 bits per heavy atom. The largest absolute Gasteiger partial charge is 0.340 e. The number of hydrogen-bond donors (Lipinski definition) is 1. The highest BCUT2D eigenvalue weighted by Crippen LogP contribution is 2.30. The number of rotatable bonds is 6. The quantitative estimate of drug-likeness (QED) is 0.346. The third-order valence-corrected chi connectivity index (χ3v) is 5.20. The van der Waals surface area contributed by atoms with Gasteiger partial charge >= 0.3 is 0 Å². The molecule has 146 valence electrons. The van der Waals surface area contributed by atoms with E-state index in [1.54, 1.807) is 6.07 Å². The molecule has 4 aromatic rings. The summed E-state index contributed by atoms with van der Waals surface area (Å²) in [5, 5.41) is 5.44. The Labute approximate surface area is 180 Å². The van der Waals surface area contributed by atoms with Crippen molar-refractivity contribution in [3.8, 4) is 11.4 Å². The average Bonchev–Trinajstić information content (AvgIpc) is 2.72. The van der Waals surface area contributed by atoms with Crippen LogP contribution in [-0.2, 0) is 6.42 Å². The molecule has 0 aliphatic carbocycles. The maximum Gasteiger partial charge on any atom is 0.162 e. The topological polar surface area (TPSA) is 37.8 Å². The molecular formula is C24H21Cl2N3. The smallest absolute Gasteiger partial charge is 0.162 e. The first-order valence-electron chi connectivity index (χ1n) is 9.71. The Morgan fingerprint density at radius 1 is 0.862 bits per heavy atom. The maximum atomic E-state index is 6.16. The zero-order valence-corrected chi connectivity index (χ0v) is 17.6. The number of para-hydroxylation sites is 1. The van der Waals surface area contributed by atoms with Gasteiger partial charge in [-0.3, -0.25) is 0 Å². The van der Waals surface area contributed by atoms with Crippen molar-refractivity contribution in [1.82, 2.24) is 9.97 Å². The molecule has 0 bridgehead atoms. The van der Waals surface area contributed by atoms with E-state index >= 15 is 0 Å². The summed E-state index contributed by atoms with van der Waals surface area (Å²) in [6.45, 7) is 2.21. The summed E-state index contributed by atoms with van der Waals surface area (Å²) in [7, 11) is 0. The van der Waals surface area contributed by atoms with Crippen molar-refractivity contribution in [1.29, 1.82) is 0 Å². The van der Waals surface area contributed by atoms with Gasteiger partial charge in [-0.1, -0.05) is 72.9 Å². The lowest BCUT2D eigenvalue weighted by Gasteiger charge is -2.12. The van der Waals surface area contributed by atoms with Crippen LogP contribution in [0.15, 0.2) is 66.7 Å². The van der Waals surface area contributed by atoms with Crippen molar-refractivity contribution < 1.29 is 0 Å². The second-order valence-electron chi connectivity index (χ2n) is 7.00. The number of benzene rings is 3. The van der Waals surface area contributed by atoms with Crippen LogP contribution >= 0.6 is 23.2 Å². The van der Waals surface area contributed by atoms with Crippen LogP contribution < -0.4 is 5.32 Å². The SMILES string of the molecule is CCCCc1ccc(-c2nc(Nc3cc(Cl)cc(Cl)c3)c3ccccc3n2)cc1. The molecule has 29 heavy (non-hydrogen) atoms. The van der Waals surface area contributed by atoms with Gasteiger partial charge in [0.25, 0.3) is 0 Å². The number of nitrogens with zero attached hydrogens (tertiary/aromatic N) is 2. The predicted molar refractivity (Wildman–Crippen MR) is 123 cm³/mol. The van der Waals surface area contributed by atoms with Gasteiger partial charge in [0, 0.05) is 26.7 Å². The van der Waals surface area contributed by atoms with Gasteiger partial charge in [-0.2, -0.15) is 0 Å². The summed E-state index contributed by atoms with van der Waals surface area (Å²) in [5.74, 6) is 1.40. The Hall–Kier alpha value is -2.62. The molecule has 5 heteroatoms. The van der Waals surface area contributed by atoms with Crippen LogP contribution in [0.25, 0.3) is 22.3 Å². The zero-order chi connectivity index (χ0) is 20.2. The first-order valence-corrected chi connectivity index (χ1v) is 10.5. The molecule has 4 rings (SSSR count). The zero-order valence-electron chi connectivity index (χ0n) is 16.1. The summed E-state index contributed by atoms with van der Waals surface area (Å²) in [5.41, 5.74) is 3.99. The summed E-state index contributed by atoms with van der Waals surface area (Å²) in [6.07, 6.45) is 3.48. The van der Waals surface area contributed by atoms with E-state index in [1.165, 1.54) is 18.4 Å². The van der Waals surface area contributed by atoms with Crippen LogP contribution in [0.2, 0.25) is 10.0 Å². The van der Waals surface area contributed by atoms with Gasteiger partial charge in [0.1, 0.15) is 5.82 Å². The first kappa shape index (κ1) is 19.7. The normalized spacial score (nSPS) is 11.0. The third-order valence-electron chi connectivity index (χ3n) is 4.76. The van der Waals surface area contributed by atoms with Crippen LogP contribution in [0, 0.1) is 0 Å². The highest BCUT2D eigenvalue weighted by Gasteiger charge is 2.10. The van der Waals surface area contributed by atoms with Crippen molar-refractivity contribution in [3.05, 3.63) is 82.3 Å². The minimum atomic E-state index is 0.571.